The quantitative estimate of drug-likeness (QED) is 0.778. The standard InChI is InChI=1S/C20H22ClN3O3S/c1-15-3-2-4-16(11-15)20(24-7-9-27-10-8-24)14-23-28(25,26)18-6-5-17(13-22)19(21)12-18/h2-6,11-12,20,23H,7-10,14H2,1H3. The molecule has 0 aliphatic carbocycles. The second kappa shape index (κ2) is 9.03. The molecule has 148 valence electrons. The molecule has 3 rings (SSSR count). The van der Waals surface area contributed by atoms with Crippen LogP contribution in [0.4, 0.5) is 0 Å². The first kappa shape index (κ1) is 20.8. The average Bonchev–Trinajstić information content (AvgIpc) is 2.69. The largest absolute Gasteiger partial charge is 0.379 e. The van der Waals surface area contributed by atoms with Gasteiger partial charge in [0.05, 0.1) is 28.7 Å². The van der Waals surface area contributed by atoms with Crippen molar-refractivity contribution in [1.29, 1.82) is 5.26 Å². The van der Waals surface area contributed by atoms with E-state index in [-0.39, 0.29) is 28.1 Å². The van der Waals surface area contributed by atoms with Gasteiger partial charge in [0.1, 0.15) is 6.07 Å². The van der Waals surface area contributed by atoms with Crippen LogP contribution in [0.3, 0.4) is 0 Å². The summed E-state index contributed by atoms with van der Waals surface area (Å²) in [4.78, 5) is 2.27. The summed E-state index contributed by atoms with van der Waals surface area (Å²) in [5.41, 5.74) is 2.42. The SMILES string of the molecule is Cc1cccc(C(CNS(=O)(=O)c2ccc(C#N)c(Cl)c2)N2CCOCC2)c1. The highest BCUT2D eigenvalue weighted by Crippen LogP contribution is 2.24. The van der Waals surface area contributed by atoms with Gasteiger partial charge in [-0.2, -0.15) is 5.26 Å². The molecular formula is C20H22ClN3O3S. The Hall–Kier alpha value is -1.95. The molecule has 1 aliphatic heterocycles. The summed E-state index contributed by atoms with van der Waals surface area (Å²) in [6.45, 7) is 4.97. The Morgan fingerprint density at radius 3 is 2.64 bits per heavy atom. The van der Waals surface area contributed by atoms with Crippen molar-refractivity contribution < 1.29 is 13.2 Å². The molecule has 0 spiro atoms. The molecule has 1 heterocycles. The summed E-state index contributed by atoms with van der Waals surface area (Å²) in [6.07, 6.45) is 0. The zero-order valence-electron chi connectivity index (χ0n) is 15.6. The molecule has 2 aromatic rings. The molecule has 0 saturated carbocycles. The van der Waals surface area contributed by atoms with Crippen molar-refractivity contribution in [2.24, 2.45) is 0 Å². The number of ether oxygens (including phenoxy) is 1. The van der Waals surface area contributed by atoms with Gasteiger partial charge in [0, 0.05) is 25.7 Å². The number of benzene rings is 2. The van der Waals surface area contributed by atoms with Gasteiger partial charge in [-0.1, -0.05) is 41.4 Å². The number of rotatable bonds is 6. The fourth-order valence-electron chi connectivity index (χ4n) is 3.25. The molecule has 1 fully saturated rings. The maximum absolute atomic E-state index is 12.8. The molecule has 6 nitrogen and oxygen atoms in total. The van der Waals surface area contributed by atoms with Crippen LogP contribution in [0.15, 0.2) is 47.4 Å². The van der Waals surface area contributed by atoms with Gasteiger partial charge in [0.15, 0.2) is 0 Å². The summed E-state index contributed by atoms with van der Waals surface area (Å²) >= 11 is 6.00. The van der Waals surface area contributed by atoms with Gasteiger partial charge in [-0.15, -0.1) is 0 Å². The Kier molecular flexibility index (Phi) is 6.70. The van der Waals surface area contributed by atoms with Crippen LogP contribution >= 0.6 is 11.6 Å². The van der Waals surface area contributed by atoms with E-state index in [1.54, 1.807) is 0 Å². The second-order valence-electron chi connectivity index (χ2n) is 6.68. The summed E-state index contributed by atoms with van der Waals surface area (Å²) in [5.74, 6) is 0. The number of hydrogen-bond donors (Lipinski definition) is 1. The molecule has 0 amide bonds. The van der Waals surface area contributed by atoms with Crippen molar-refractivity contribution in [2.45, 2.75) is 17.9 Å². The lowest BCUT2D eigenvalue weighted by molar-refractivity contribution is 0.0172. The molecule has 0 radical (unpaired) electrons. The fraction of sp³-hybridized carbons (Fsp3) is 0.350. The maximum atomic E-state index is 12.8. The number of morpholine rings is 1. The molecule has 2 aromatic carbocycles. The minimum absolute atomic E-state index is 0.0430. The van der Waals surface area contributed by atoms with Crippen molar-refractivity contribution in [3.8, 4) is 6.07 Å². The Bertz CT molecular complexity index is 982. The number of nitrogens with one attached hydrogen (secondary N) is 1. The van der Waals surface area contributed by atoms with E-state index in [4.69, 9.17) is 21.6 Å². The maximum Gasteiger partial charge on any atom is 0.240 e. The minimum atomic E-state index is -3.76. The van der Waals surface area contributed by atoms with E-state index in [0.29, 0.717) is 13.2 Å². The van der Waals surface area contributed by atoms with Crippen LogP contribution in [0.1, 0.15) is 22.7 Å². The van der Waals surface area contributed by atoms with Crippen molar-refractivity contribution in [3.05, 3.63) is 64.2 Å². The van der Waals surface area contributed by atoms with Gasteiger partial charge in [-0.3, -0.25) is 4.90 Å². The third-order valence-electron chi connectivity index (χ3n) is 4.75. The smallest absolute Gasteiger partial charge is 0.240 e. The molecule has 28 heavy (non-hydrogen) atoms. The van der Waals surface area contributed by atoms with E-state index in [0.717, 1.165) is 24.2 Å². The van der Waals surface area contributed by atoms with Gasteiger partial charge in [0.2, 0.25) is 10.0 Å². The van der Waals surface area contributed by atoms with Crippen molar-refractivity contribution in [2.75, 3.05) is 32.8 Å². The van der Waals surface area contributed by atoms with E-state index < -0.39 is 10.0 Å². The van der Waals surface area contributed by atoms with Gasteiger partial charge >= 0.3 is 0 Å². The van der Waals surface area contributed by atoms with E-state index in [1.807, 2.05) is 31.2 Å². The summed E-state index contributed by atoms with van der Waals surface area (Å²) in [7, 11) is -3.76. The molecular weight excluding hydrogens is 398 g/mol. The lowest BCUT2D eigenvalue weighted by Gasteiger charge is -2.35. The number of halogens is 1. The van der Waals surface area contributed by atoms with Crippen molar-refractivity contribution in [3.63, 3.8) is 0 Å². The normalized spacial score (nSPS) is 16.5. The lowest BCUT2D eigenvalue weighted by atomic mass is 10.0. The molecule has 1 atom stereocenters. The minimum Gasteiger partial charge on any atom is -0.379 e. The van der Waals surface area contributed by atoms with Gasteiger partial charge in [0.25, 0.3) is 0 Å². The van der Waals surface area contributed by atoms with Gasteiger partial charge < -0.3 is 4.74 Å². The van der Waals surface area contributed by atoms with Crippen LogP contribution in [-0.2, 0) is 14.8 Å². The number of nitrogens with zero attached hydrogens (tertiary/aromatic N) is 2. The molecule has 1 N–H and O–H groups in total. The summed E-state index contributed by atoms with van der Waals surface area (Å²) in [6, 6.07) is 14.0. The molecule has 0 bridgehead atoms. The average molecular weight is 420 g/mol. The second-order valence-corrected chi connectivity index (χ2v) is 8.86. The van der Waals surface area contributed by atoms with Crippen LogP contribution in [0.2, 0.25) is 5.02 Å². The molecule has 1 aliphatic rings. The van der Waals surface area contributed by atoms with E-state index >= 15 is 0 Å². The lowest BCUT2D eigenvalue weighted by Crippen LogP contribution is -2.43. The first-order chi connectivity index (χ1) is 13.4. The Morgan fingerprint density at radius 2 is 2.00 bits per heavy atom. The first-order valence-corrected chi connectivity index (χ1v) is 10.8. The van der Waals surface area contributed by atoms with Crippen LogP contribution < -0.4 is 4.72 Å². The third-order valence-corrected chi connectivity index (χ3v) is 6.49. The Morgan fingerprint density at radius 1 is 1.25 bits per heavy atom. The Balaban J connectivity index is 1.82. The predicted molar refractivity (Wildman–Crippen MR) is 108 cm³/mol. The van der Waals surface area contributed by atoms with Gasteiger partial charge in [-0.25, -0.2) is 13.1 Å². The fourth-order valence-corrected chi connectivity index (χ4v) is 4.60. The first-order valence-electron chi connectivity index (χ1n) is 8.98. The van der Waals surface area contributed by atoms with E-state index in [9.17, 15) is 8.42 Å². The van der Waals surface area contributed by atoms with Gasteiger partial charge in [-0.05, 0) is 30.7 Å². The van der Waals surface area contributed by atoms with Crippen LogP contribution in [0, 0.1) is 18.3 Å². The van der Waals surface area contributed by atoms with Crippen molar-refractivity contribution >= 4 is 21.6 Å². The topological polar surface area (TPSA) is 82.4 Å². The highest BCUT2D eigenvalue weighted by molar-refractivity contribution is 7.89. The number of sulfonamides is 1. The molecule has 1 unspecified atom stereocenters. The predicted octanol–water partition coefficient (Wildman–Crippen LogP) is 2.87. The molecule has 1 saturated heterocycles. The summed E-state index contributed by atoms with van der Waals surface area (Å²) < 4.78 is 33.7. The zero-order chi connectivity index (χ0) is 20.1. The molecule has 0 aromatic heterocycles. The van der Waals surface area contributed by atoms with Crippen LogP contribution in [-0.4, -0.2) is 46.2 Å². The van der Waals surface area contributed by atoms with E-state index in [1.165, 1.54) is 18.2 Å². The monoisotopic (exact) mass is 419 g/mol. The highest BCUT2D eigenvalue weighted by Gasteiger charge is 2.25. The number of hydrogen-bond acceptors (Lipinski definition) is 5. The third kappa shape index (κ3) is 4.90. The summed E-state index contributed by atoms with van der Waals surface area (Å²) in [5, 5.41) is 9.08. The van der Waals surface area contributed by atoms with Crippen LogP contribution in [0.5, 0.6) is 0 Å². The van der Waals surface area contributed by atoms with Crippen molar-refractivity contribution in [1.82, 2.24) is 9.62 Å². The number of nitriles is 1. The Labute approximate surface area is 170 Å². The number of aryl methyl sites for hydroxylation is 1. The highest BCUT2D eigenvalue weighted by atomic mass is 35.5. The zero-order valence-corrected chi connectivity index (χ0v) is 17.1. The van der Waals surface area contributed by atoms with E-state index in [2.05, 4.69) is 15.7 Å². The molecule has 8 heteroatoms. The van der Waals surface area contributed by atoms with Crippen LogP contribution in [0.25, 0.3) is 0 Å².